The Morgan fingerprint density at radius 1 is 0.889 bits per heavy atom. The predicted molar refractivity (Wildman–Crippen MR) is 73.3 cm³/mol. The van der Waals surface area contributed by atoms with E-state index < -0.39 is 6.16 Å². The molecule has 0 spiro atoms. The molecule has 4 nitrogen and oxygen atoms in total. The van der Waals surface area contributed by atoms with E-state index in [9.17, 15) is 0 Å². The largest absolute Gasteiger partial charge is 0.553 e. The van der Waals surface area contributed by atoms with E-state index in [4.69, 9.17) is 9.90 Å². The lowest BCUT2D eigenvalue weighted by molar-refractivity contribution is -0.928. The smallest absolute Gasteiger partial charge is 0.251 e. The maximum atomic E-state index is 9.03. The molecular weight excluding hydrogens is 230 g/mol. The molecule has 0 saturated carbocycles. The third-order valence-corrected chi connectivity index (χ3v) is 2.96. The molecule has 0 aromatic carbocycles. The Bertz CT molecular complexity index is 166. The van der Waals surface area contributed by atoms with Gasteiger partial charge < -0.3 is 19.1 Å². The number of hydrogen-bond donors (Lipinski definition) is 0. The van der Waals surface area contributed by atoms with E-state index in [1.807, 2.05) is 0 Å². The van der Waals surface area contributed by atoms with Crippen molar-refractivity contribution in [1.29, 1.82) is 0 Å². The number of carbonyl (C=O) groups is 1. The highest BCUT2D eigenvalue weighted by atomic mass is 16.6. The van der Waals surface area contributed by atoms with Crippen molar-refractivity contribution in [3.05, 3.63) is 0 Å². The highest BCUT2D eigenvalue weighted by Crippen LogP contribution is 2.12. The van der Waals surface area contributed by atoms with E-state index in [-0.39, 0.29) is 0 Å². The predicted octanol–water partition coefficient (Wildman–Crippen LogP) is 2.42. The van der Waals surface area contributed by atoms with E-state index >= 15 is 0 Å². The molecule has 0 aliphatic carbocycles. The quantitative estimate of drug-likeness (QED) is 0.498. The number of nitrogens with zero attached hydrogens (tertiary/aromatic N) is 1. The fourth-order valence-electron chi connectivity index (χ4n) is 2.57. The summed E-state index contributed by atoms with van der Waals surface area (Å²) in [6.45, 7) is 14.8. The summed E-state index contributed by atoms with van der Waals surface area (Å²) in [5.74, 6) is 0. The van der Waals surface area contributed by atoms with Crippen molar-refractivity contribution >= 4 is 6.16 Å². The van der Waals surface area contributed by atoms with Gasteiger partial charge in [-0.3, -0.25) is 0 Å². The average Bonchev–Trinajstić information content (AvgIpc) is 2.31. The van der Waals surface area contributed by atoms with Crippen molar-refractivity contribution in [3.8, 4) is 0 Å². The molecule has 0 aliphatic rings. The molecule has 110 valence electrons. The number of methoxy groups -OCH3 is 1. The number of ether oxygens (including phenoxy) is 1. The third-order valence-electron chi connectivity index (χ3n) is 2.96. The second-order valence-electron chi connectivity index (χ2n) is 4.69. The second kappa shape index (κ2) is 12.7. The minimum absolute atomic E-state index is 1.04. The first-order valence-corrected chi connectivity index (χ1v) is 7.11. The topological polar surface area (TPSA) is 49.4 Å². The summed E-state index contributed by atoms with van der Waals surface area (Å²) in [7, 11) is 1.04. The highest BCUT2D eigenvalue weighted by Gasteiger charge is 2.22. The summed E-state index contributed by atoms with van der Waals surface area (Å²) < 4.78 is 4.93. The Morgan fingerprint density at radius 2 is 1.11 bits per heavy atom. The van der Waals surface area contributed by atoms with Crippen molar-refractivity contribution in [2.45, 2.75) is 53.4 Å². The summed E-state index contributed by atoms with van der Waals surface area (Å²) in [4.78, 5) is 9.03. The van der Waals surface area contributed by atoms with Crippen LogP contribution in [0.1, 0.15) is 53.4 Å². The number of carboxylic acid groups (broad SMARTS) is 1. The van der Waals surface area contributed by atoms with Crippen molar-refractivity contribution < 1.29 is 19.1 Å². The minimum atomic E-state index is -1.50. The van der Waals surface area contributed by atoms with Crippen LogP contribution in [-0.4, -0.2) is 43.9 Å². The molecule has 0 radical (unpaired) electrons. The van der Waals surface area contributed by atoms with Gasteiger partial charge in [0.2, 0.25) is 0 Å². The summed E-state index contributed by atoms with van der Waals surface area (Å²) in [5, 5.41) is 9.03. The molecule has 0 atom stereocenters. The number of hydrogen-bond acceptors (Lipinski definition) is 3. The van der Waals surface area contributed by atoms with E-state index in [0.717, 1.165) is 7.11 Å². The number of rotatable bonds is 8. The van der Waals surface area contributed by atoms with Crippen LogP contribution in [0.3, 0.4) is 0 Å². The van der Waals surface area contributed by atoms with Crippen molar-refractivity contribution in [2.24, 2.45) is 0 Å². The molecule has 0 rings (SSSR count). The van der Waals surface area contributed by atoms with Crippen LogP contribution >= 0.6 is 0 Å². The van der Waals surface area contributed by atoms with Crippen molar-refractivity contribution in [1.82, 2.24) is 0 Å². The van der Waals surface area contributed by atoms with Crippen LogP contribution in [0, 0.1) is 0 Å². The molecule has 4 heteroatoms. The molecule has 0 unspecified atom stereocenters. The maximum Gasteiger partial charge on any atom is 0.251 e. The summed E-state index contributed by atoms with van der Waals surface area (Å²) >= 11 is 0. The van der Waals surface area contributed by atoms with E-state index in [2.05, 4.69) is 32.4 Å². The normalized spacial score (nSPS) is 10.5. The van der Waals surface area contributed by atoms with E-state index in [1.165, 1.54) is 56.3 Å². The molecule has 0 N–H and O–H groups in total. The fraction of sp³-hybridized carbons (Fsp3) is 0.929. The van der Waals surface area contributed by atoms with Crippen LogP contribution in [-0.2, 0) is 4.74 Å². The van der Waals surface area contributed by atoms with Crippen LogP contribution in [0.4, 0.5) is 4.79 Å². The number of carbonyl (C=O) groups excluding carboxylic acids is 1. The third kappa shape index (κ3) is 10.4. The Kier molecular flexibility index (Phi) is 13.8. The molecule has 18 heavy (non-hydrogen) atoms. The first-order chi connectivity index (χ1) is 8.51. The van der Waals surface area contributed by atoms with Gasteiger partial charge in [-0.05, 0) is 25.7 Å². The molecule has 0 aromatic rings. The molecular formula is C14H31NO3. The molecule has 0 aliphatic heterocycles. The van der Waals surface area contributed by atoms with Crippen LogP contribution in [0.5, 0.6) is 0 Å². The zero-order chi connectivity index (χ0) is 14.4. The Labute approximate surface area is 113 Å². The lowest BCUT2D eigenvalue weighted by Crippen LogP contribution is -2.50. The second-order valence-corrected chi connectivity index (χ2v) is 4.69. The van der Waals surface area contributed by atoms with Gasteiger partial charge in [0.15, 0.2) is 0 Å². The highest BCUT2D eigenvalue weighted by molar-refractivity contribution is 5.53. The van der Waals surface area contributed by atoms with Crippen LogP contribution in [0.15, 0.2) is 0 Å². The van der Waals surface area contributed by atoms with Crippen molar-refractivity contribution in [3.63, 3.8) is 0 Å². The van der Waals surface area contributed by atoms with Crippen LogP contribution < -0.4 is 5.11 Å². The van der Waals surface area contributed by atoms with Gasteiger partial charge in [-0.1, -0.05) is 27.7 Å². The van der Waals surface area contributed by atoms with Crippen LogP contribution in [0.2, 0.25) is 0 Å². The first-order valence-electron chi connectivity index (χ1n) is 7.11. The Hall–Kier alpha value is -0.770. The van der Waals surface area contributed by atoms with Gasteiger partial charge >= 0.3 is 0 Å². The molecule has 0 saturated heterocycles. The molecule has 0 amide bonds. The molecule has 0 heterocycles. The van der Waals surface area contributed by atoms with Gasteiger partial charge in [-0.2, -0.15) is 0 Å². The van der Waals surface area contributed by atoms with Crippen LogP contribution in [0.25, 0.3) is 0 Å². The monoisotopic (exact) mass is 261 g/mol. The Morgan fingerprint density at radius 3 is 1.22 bits per heavy atom. The molecule has 0 bridgehead atoms. The van der Waals surface area contributed by atoms with Gasteiger partial charge in [0.1, 0.15) is 0 Å². The first kappa shape index (κ1) is 19.6. The molecule has 0 aromatic heterocycles. The lowest BCUT2D eigenvalue weighted by atomic mass is 10.2. The van der Waals surface area contributed by atoms with Gasteiger partial charge in [-0.25, -0.2) is 0 Å². The zero-order valence-corrected chi connectivity index (χ0v) is 12.8. The SMILES string of the molecule is CCC[N+](CCC)(CCC)CCC.COC(=O)[O-]. The van der Waals surface area contributed by atoms with E-state index in [1.54, 1.807) is 0 Å². The summed E-state index contributed by atoms with van der Waals surface area (Å²) in [5.41, 5.74) is 0. The Balaban J connectivity index is 0. The summed E-state index contributed by atoms with van der Waals surface area (Å²) in [6.07, 6.45) is 3.84. The van der Waals surface area contributed by atoms with Gasteiger partial charge in [0, 0.05) is 7.11 Å². The zero-order valence-electron chi connectivity index (χ0n) is 12.8. The average molecular weight is 261 g/mol. The number of quaternary nitrogens is 1. The minimum Gasteiger partial charge on any atom is -0.553 e. The van der Waals surface area contributed by atoms with Gasteiger partial charge in [-0.15, -0.1) is 0 Å². The van der Waals surface area contributed by atoms with Gasteiger partial charge in [0.05, 0.1) is 26.2 Å². The van der Waals surface area contributed by atoms with Crippen molar-refractivity contribution in [2.75, 3.05) is 33.3 Å². The lowest BCUT2D eigenvalue weighted by Gasteiger charge is -2.38. The maximum absolute atomic E-state index is 9.03. The van der Waals surface area contributed by atoms with E-state index in [0.29, 0.717) is 0 Å². The summed E-state index contributed by atoms with van der Waals surface area (Å²) in [6, 6.07) is 0. The molecule has 0 fully saturated rings. The standard InChI is InChI=1S/C12H28N.C2H4O3/c1-5-9-13(10-6-2,11-7-3)12-8-4;1-5-2(3)4/h5-12H2,1-4H3;1H3,(H,3,4)/q+1;/p-1. The van der Waals surface area contributed by atoms with Gasteiger partial charge in [0.25, 0.3) is 6.16 Å². The fourth-order valence-corrected chi connectivity index (χ4v) is 2.57.